The van der Waals surface area contributed by atoms with E-state index in [0.717, 1.165) is 0 Å². The minimum Gasteiger partial charge on any atom is -0.822 e. The number of rotatable bonds is 0. The van der Waals surface area contributed by atoms with Gasteiger partial charge in [0.05, 0.1) is 0 Å². The van der Waals surface area contributed by atoms with E-state index in [2.05, 4.69) is 0 Å². The van der Waals surface area contributed by atoms with Crippen LogP contribution in [0.15, 0.2) is 0 Å². The van der Waals surface area contributed by atoms with E-state index in [4.69, 9.17) is 19.2 Å². The summed E-state index contributed by atoms with van der Waals surface area (Å²) in [6.07, 6.45) is 0. The molecule has 0 aromatic rings. The zero-order chi connectivity index (χ0) is 4.50. The van der Waals surface area contributed by atoms with Gasteiger partial charge in [0.15, 0.2) is 0 Å². The van der Waals surface area contributed by atoms with Gasteiger partial charge in [-0.05, 0) is 0 Å². The molecule has 0 heterocycles. The Bertz CT molecular complexity index is 57.8. The van der Waals surface area contributed by atoms with Crippen molar-refractivity contribution in [2.45, 2.75) is 0 Å². The van der Waals surface area contributed by atoms with Crippen LogP contribution in [-0.4, -0.2) is 0 Å². The second-order valence-electron chi connectivity index (χ2n) is 0.447. The number of hydrogen-bond donors (Lipinski definition) is 0. The molecule has 0 rings (SSSR count). The van der Waals surface area contributed by atoms with Gasteiger partial charge in [0.1, 0.15) is 0 Å². The fourth-order valence-electron chi connectivity index (χ4n) is 0. The molecule has 0 aromatic heterocycles. The Morgan fingerprint density at radius 2 is 1.14 bits per heavy atom. The molecule has 0 aromatic carbocycles. The fourth-order valence-corrected chi connectivity index (χ4v) is 0. The van der Waals surface area contributed by atoms with E-state index in [9.17, 15) is 0 Å². The molecule has 38 valence electrons. The summed E-state index contributed by atoms with van der Waals surface area (Å²) in [5.74, 6) is 0. The first-order valence-corrected chi connectivity index (χ1v) is 2.19. The molecule has 4 nitrogen and oxygen atoms in total. The molecule has 0 saturated carbocycles. The molecule has 0 unspecified atom stereocenters. The van der Waals surface area contributed by atoms with Crippen molar-refractivity contribution in [2.75, 3.05) is 0 Å². The summed E-state index contributed by atoms with van der Waals surface area (Å²) in [7, 11) is -5.39. The van der Waals surface area contributed by atoms with Crippen LogP contribution in [0.1, 0.15) is 0 Å². The van der Waals surface area contributed by atoms with Gasteiger partial charge in [0.2, 0.25) is 0 Å². The van der Waals surface area contributed by atoms with E-state index in [1.54, 1.807) is 0 Å². The molecule has 0 aliphatic heterocycles. The largest absolute Gasteiger partial charge is 1.00 e. The van der Waals surface area contributed by atoms with Gasteiger partial charge in [-0.3, -0.25) is 0 Å². The van der Waals surface area contributed by atoms with Gasteiger partial charge in [0.25, 0.3) is 0 Å². The van der Waals surface area contributed by atoms with Crippen molar-refractivity contribution < 1.29 is 91.7 Å². The summed E-state index contributed by atoms with van der Waals surface area (Å²) in [6.45, 7) is 0. The van der Waals surface area contributed by atoms with Crippen molar-refractivity contribution in [3.05, 3.63) is 0 Å². The summed E-state index contributed by atoms with van der Waals surface area (Å²) in [6, 6.07) is 0. The van der Waals surface area contributed by atoms with Crippen molar-refractivity contribution >= 4 is 7.82 Å². The van der Waals surface area contributed by atoms with E-state index >= 15 is 0 Å². The quantitative estimate of drug-likeness (QED) is 0.329. The third kappa shape index (κ3) is 58.9. The van der Waals surface area contributed by atoms with Crippen molar-refractivity contribution in [1.82, 2.24) is 0 Å². The van der Waals surface area contributed by atoms with Crippen molar-refractivity contribution in [3.8, 4) is 0 Å². The Kier molecular flexibility index (Phi) is 15.2. The van der Waals surface area contributed by atoms with E-state index in [-0.39, 0.29) is 72.4 Å². The molecule has 0 aliphatic rings. The average molecular weight is 318 g/mol. The third-order valence-corrected chi connectivity index (χ3v) is 0. The maximum absolute atomic E-state index is 8.55. The van der Waals surface area contributed by atoms with Crippen LogP contribution in [0.25, 0.3) is 0 Å². The second kappa shape index (κ2) is 6.55. The zero-order valence-corrected chi connectivity index (χ0v) is 10.4. The predicted octanol–water partition coefficient (Wildman–Crippen LogP) is -5.82. The molecular weight excluding hydrogens is 318 g/mol. The molecule has 0 aliphatic carbocycles. The minimum atomic E-state index is -5.39. The predicted molar refractivity (Wildman–Crippen MR) is 7.61 cm³/mol. The van der Waals surface area contributed by atoms with Crippen molar-refractivity contribution in [3.63, 3.8) is 0 Å². The van der Waals surface area contributed by atoms with Crippen LogP contribution in [0, 0.1) is 0 Å². The van der Waals surface area contributed by atoms with Gasteiger partial charge in [-0.25, -0.2) is 0 Å². The topological polar surface area (TPSA) is 86.2 Å². The van der Waals surface area contributed by atoms with Crippen LogP contribution < -0.4 is 66.1 Å². The van der Waals surface area contributed by atoms with Gasteiger partial charge in [-0.15, -0.1) is 0 Å². The smallest absolute Gasteiger partial charge is 0.822 e. The summed E-state index contributed by atoms with van der Waals surface area (Å²) < 4.78 is 8.55. The SMILES string of the molecule is O=P([O-])([O-])[O-].[K+].[W]. The second-order valence-corrected chi connectivity index (χ2v) is 1.34. The normalized spacial score (nSPS) is 8.43. The molecule has 0 spiro atoms. The van der Waals surface area contributed by atoms with Crippen LogP contribution in [0.5, 0.6) is 0 Å². The van der Waals surface area contributed by atoms with E-state index in [0.29, 0.717) is 0 Å². The van der Waals surface area contributed by atoms with Crippen LogP contribution in [0.4, 0.5) is 0 Å². The van der Waals surface area contributed by atoms with Crippen molar-refractivity contribution in [1.29, 1.82) is 0 Å². The summed E-state index contributed by atoms with van der Waals surface area (Å²) in [5.41, 5.74) is 0. The first-order valence-electron chi connectivity index (χ1n) is 0.730. The first-order chi connectivity index (χ1) is 2.00. The maximum atomic E-state index is 8.55. The molecule has 7 heteroatoms. The average Bonchev–Trinajstić information content (AvgIpc) is 0.722. The Morgan fingerprint density at radius 3 is 1.14 bits per heavy atom. The van der Waals surface area contributed by atoms with Crippen LogP contribution >= 0.6 is 7.82 Å². The summed E-state index contributed by atoms with van der Waals surface area (Å²) in [5, 5.41) is 0. The maximum Gasteiger partial charge on any atom is 1.00 e. The third-order valence-electron chi connectivity index (χ3n) is 0. The molecule has 0 saturated heterocycles. The first kappa shape index (κ1) is 16.2. The Hall–Kier alpha value is 2.43. The molecule has 0 amide bonds. The Morgan fingerprint density at radius 1 is 1.14 bits per heavy atom. The molecule has 0 bridgehead atoms. The van der Waals surface area contributed by atoms with E-state index in [1.807, 2.05) is 0 Å². The van der Waals surface area contributed by atoms with E-state index in [1.165, 1.54) is 0 Å². The van der Waals surface area contributed by atoms with Crippen molar-refractivity contribution in [2.24, 2.45) is 0 Å². The van der Waals surface area contributed by atoms with E-state index < -0.39 is 7.82 Å². The molecule has 7 heavy (non-hydrogen) atoms. The van der Waals surface area contributed by atoms with Gasteiger partial charge in [0, 0.05) is 21.1 Å². The molecular formula is KO4PW-2. The molecule has 0 atom stereocenters. The van der Waals surface area contributed by atoms with Gasteiger partial charge in [-0.1, -0.05) is 0 Å². The molecule has 0 N–H and O–H groups in total. The van der Waals surface area contributed by atoms with Crippen LogP contribution in [-0.2, 0) is 25.6 Å². The molecule has 0 radical (unpaired) electrons. The molecule has 0 fully saturated rings. The monoisotopic (exact) mass is 318 g/mol. The van der Waals surface area contributed by atoms with Gasteiger partial charge in [-0.2, -0.15) is 7.82 Å². The van der Waals surface area contributed by atoms with Gasteiger partial charge < -0.3 is 19.2 Å². The summed E-state index contributed by atoms with van der Waals surface area (Å²) in [4.78, 5) is 25.6. The van der Waals surface area contributed by atoms with Crippen LogP contribution in [0.3, 0.4) is 0 Å². The number of phosphoric acid groups is 1. The Labute approximate surface area is 97.6 Å². The standard InChI is InChI=1S/K.H3O4P.W/c;1-5(2,3)4;/h;(H3,1,2,3,4);/q+1;;/p-3. The minimum absolute atomic E-state index is 0. The fraction of sp³-hybridized carbons (Fsp3) is 0. The summed E-state index contributed by atoms with van der Waals surface area (Å²) >= 11 is 0. The Balaban J connectivity index is -0.0000000800. The van der Waals surface area contributed by atoms with Crippen LogP contribution in [0.2, 0.25) is 0 Å². The zero-order valence-electron chi connectivity index (χ0n) is 3.49. The number of hydrogen-bond acceptors (Lipinski definition) is 4. The van der Waals surface area contributed by atoms with Gasteiger partial charge >= 0.3 is 51.4 Å².